The first kappa shape index (κ1) is 7.30. The van der Waals surface area contributed by atoms with Crippen molar-refractivity contribution in [2.24, 2.45) is 0 Å². The molecular weight excluding hydrogens is 141 g/mol. The molecule has 0 bridgehead atoms. The SMILES string of the molecule is CP(=N)=Cc1ccccc1. The van der Waals surface area contributed by atoms with E-state index in [2.05, 4.69) is 0 Å². The molecular formula is C8H10NP. The Bertz CT molecular complexity index is 271. The molecule has 1 atom stereocenters. The number of nitrogens with one attached hydrogen (secondary N) is 1. The van der Waals surface area contributed by atoms with Gasteiger partial charge in [0.25, 0.3) is 0 Å². The fraction of sp³-hybridized carbons (Fsp3) is 0.125. The number of hydrogen-bond acceptors (Lipinski definition) is 1. The Morgan fingerprint density at radius 3 is 2.40 bits per heavy atom. The maximum Gasteiger partial charge on any atom is -0.00982 e. The zero-order valence-corrected chi connectivity index (χ0v) is 6.81. The Balaban J connectivity index is 2.98. The summed E-state index contributed by atoms with van der Waals surface area (Å²) in [6.07, 6.45) is 0. The Morgan fingerprint density at radius 1 is 1.30 bits per heavy atom. The minimum atomic E-state index is -0.652. The van der Waals surface area contributed by atoms with E-state index in [0.29, 0.717) is 0 Å². The van der Waals surface area contributed by atoms with Crippen LogP contribution < -0.4 is 0 Å². The maximum atomic E-state index is 7.32. The number of hydrogen-bond donors (Lipinski definition) is 1. The second kappa shape index (κ2) is 3.38. The Kier molecular flexibility index (Phi) is 2.47. The van der Waals surface area contributed by atoms with Crippen LogP contribution in [-0.2, 0) is 0 Å². The van der Waals surface area contributed by atoms with E-state index in [4.69, 9.17) is 5.16 Å². The highest BCUT2D eigenvalue weighted by Crippen LogP contribution is 2.03. The monoisotopic (exact) mass is 151 g/mol. The van der Waals surface area contributed by atoms with E-state index in [-0.39, 0.29) is 0 Å². The topological polar surface area (TPSA) is 23.9 Å². The van der Waals surface area contributed by atoms with E-state index in [1.54, 1.807) is 0 Å². The van der Waals surface area contributed by atoms with E-state index in [1.807, 2.05) is 42.8 Å². The lowest BCUT2D eigenvalue weighted by atomic mass is 10.2. The summed E-state index contributed by atoms with van der Waals surface area (Å²) in [4.78, 5) is 0. The average molecular weight is 151 g/mol. The van der Waals surface area contributed by atoms with Gasteiger partial charge >= 0.3 is 0 Å². The lowest BCUT2D eigenvalue weighted by Crippen LogP contribution is -1.73. The van der Waals surface area contributed by atoms with Crippen molar-refractivity contribution in [3.8, 4) is 0 Å². The van der Waals surface area contributed by atoms with Crippen molar-refractivity contribution in [3.05, 3.63) is 35.9 Å². The van der Waals surface area contributed by atoms with E-state index in [9.17, 15) is 0 Å². The van der Waals surface area contributed by atoms with Crippen LogP contribution in [0.2, 0.25) is 0 Å². The first-order valence-corrected chi connectivity index (χ1v) is 4.99. The van der Waals surface area contributed by atoms with Gasteiger partial charge in [0, 0.05) is 0 Å². The van der Waals surface area contributed by atoms with Gasteiger partial charge in [-0.3, -0.25) is 5.16 Å². The molecule has 10 heavy (non-hydrogen) atoms. The molecule has 1 aromatic carbocycles. The summed E-state index contributed by atoms with van der Waals surface area (Å²) >= 11 is 0. The molecule has 0 aliphatic rings. The van der Waals surface area contributed by atoms with Crippen molar-refractivity contribution < 1.29 is 0 Å². The Labute approximate surface area is 61.6 Å². The molecule has 52 valence electrons. The molecule has 1 unspecified atom stereocenters. The van der Waals surface area contributed by atoms with E-state index < -0.39 is 7.34 Å². The average Bonchev–Trinajstić information content (AvgIpc) is 1.88. The van der Waals surface area contributed by atoms with Crippen LogP contribution in [0.25, 0.3) is 0 Å². The second-order valence-corrected chi connectivity index (χ2v) is 3.63. The fourth-order valence-electron chi connectivity index (χ4n) is 0.763. The van der Waals surface area contributed by atoms with E-state index in [1.165, 1.54) is 0 Å². The molecule has 1 nitrogen and oxygen atoms in total. The molecule has 0 amide bonds. The first-order chi connectivity index (χ1) is 4.79. The van der Waals surface area contributed by atoms with Gasteiger partial charge in [0.05, 0.1) is 0 Å². The third kappa shape index (κ3) is 2.20. The lowest BCUT2D eigenvalue weighted by Gasteiger charge is -1.87. The van der Waals surface area contributed by atoms with Crippen molar-refractivity contribution >= 4 is 13.1 Å². The molecule has 0 spiro atoms. The van der Waals surface area contributed by atoms with Crippen LogP contribution in [0, 0.1) is 5.16 Å². The van der Waals surface area contributed by atoms with Crippen LogP contribution in [0.4, 0.5) is 0 Å². The Morgan fingerprint density at radius 2 is 1.90 bits per heavy atom. The minimum absolute atomic E-state index is 0.652. The summed E-state index contributed by atoms with van der Waals surface area (Å²) in [6.45, 7) is 1.92. The molecule has 0 radical (unpaired) electrons. The van der Waals surface area contributed by atoms with Crippen LogP contribution >= 0.6 is 7.34 Å². The predicted molar refractivity (Wildman–Crippen MR) is 47.2 cm³/mol. The fourth-order valence-corrected chi connectivity index (χ4v) is 1.38. The van der Waals surface area contributed by atoms with Gasteiger partial charge in [-0.15, -0.1) is 0 Å². The van der Waals surface area contributed by atoms with Gasteiger partial charge in [0.2, 0.25) is 0 Å². The third-order valence-electron chi connectivity index (χ3n) is 1.14. The van der Waals surface area contributed by atoms with E-state index in [0.717, 1.165) is 5.56 Å². The zero-order chi connectivity index (χ0) is 7.40. The van der Waals surface area contributed by atoms with Gasteiger partial charge in [0.15, 0.2) is 0 Å². The van der Waals surface area contributed by atoms with Crippen molar-refractivity contribution in [2.45, 2.75) is 0 Å². The van der Waals surface area contributed by atoms with Gasteiger partial charge in [-0.25, -0.2) is 0 Å². The molecule has 1 rings (SSSR count). The standard InChI is InChI=1S/C8H10NP/c1-10(9)7-8-5-3-2-4-6-8/h2-7,9H,1H3. The van der Waals surface area contributed by atoms with Gasteiger partial charge in [0.1, 0.15) is 0 Å². The second-order valence-electron chi connectivity index (χ2n) is 2.15. The normalized spacial score (nSPS) is 11.5. The predicted octanol–water partition coefficient (Wildman–Crippen LogP) is 2.71. The molecule has 0 fully saturated rings. The third-order valence-corrected chi connectivity index (χ3v) is 1.83. The molecule has 1 N–H and O–H groups in total. The van der Waals surface area contributed by atoms with Crippen LogP contribution in [0.1, 0.15) is 5.56 Å². The van der Waals surface area contributed by atoms with Crippen LogP contribution in [-0.4, -0.2) is 12.5 Å². The highest BCUT2D eigenvalue weighted by molar-refractivity contribution is 7.45. The van der Waals surface area contributed by atoms with E-state index >= 15 is 0 Å². The summed E-state index contributed by atoms with van der Waals surface area (Å²) < 4.78 is 0. The zero-order valence-electron chi connectivity index (χ0n) is 5.91. The quantitative estimate of drug-likeness (QED) is 0.596. The van der Waals surface area contributed by atoms with Crippen molar-refractivity contribution in [3.63, 3.8) is 0 Å². The highest BCUT2D eigenvalue weighted by atomic mass is 31.1. The molecule has 0 aliphatic carbocycles. The van der Waals surface area contributed by atoms with Gasteiger partial charge in [-0.2, -0.15) is 0 Å². The van der Waals surface area contributed by atoms with Gasteiger partial charge in [-0.1, -0.05) is 30.3 Å². The minimum Gasteiger partial charge on any atom is -0.290 e. The molecule has 1 aromatic rings. The first-order valence-electron chi connectivity index (χ1n) is 3.13. The van der Waals surface area contributed by atoms with Crippen molar-refractivity contribution in [1.82, 2.24) is 0 Å². The summed E-state index contributed by atoms with van der Waals surface area (Å²) in [6, 6.07) is 10.0. The summed E-state index contributed by atoms with van der Waals surface area (Å²) in [5, 5.41) is 7.32. The summed E-state index contributed by atoms with van der Waals surface area (Å²) in [7, 11) is -0.652. The molecule has 0 aliphatic heterocycles. The summed E-state index contributed by atoms with van der Waals surface area (Å²) in [5.74, 6) is 1.98. The lowest BCUT2D eigenvalue weighted by molar-refractivity contribution is 1.63. The molecule has 0 saturated heterocycles. The van der Waals surface area contributed by atoms with Crippen LogP contribution in [0.15, 0.2) is 30.3 Å². The molecule has 0 heterocycles. The summed E-state index contributed by atoms with van der Waals surface area (Å²) in [5.41, 5.74) is 1.16. The van der Waals surface area contributed by atoms with Crippen LogP contribution in [0.5, 0.6) is 0 Å². The van der Waals surface area contributed by atoms with Gasteiger partial charge in [-0.05, 0) is 25.4 Å². The van der Waals surface area contributed by atoms with Gasteiger partial charge < -0.3 is 0 Å². The smallest absolute Gasteiger partial charge is 0.00982 e. The number of rotatable bonds is 1. The molecule has 0 saturated carbocycles. The largest absolute Gasteiger partial charge is 0.290 e. The number of benzene rings is 1. The van der Waals surface area contributed by atoms with Crippen LogP contribution in [0.3, 0.4) is 0 Å². The van der Waals surface area contributed by atoms with Crippen molar-refractivity contribution in [2.75, 3.05) is 6.66 Å². The molecule has 0 aromatic heterocycles. The highest BCUT2D eigenvalue weighted by Gasteiger charge is 1.80. The van der Waals surface area contributed by atoms with Crippen molar-refractivity contribution in [1.29, 1.82) is 5.16 Å². The Hall–Kier alpha value is -0.810. The molecule has 2 heteroatoms. The maximum absolute atomic E-state index is 7.32.